The van der Waals surface area contributed by atoms with Crippen molar-refractivity contribution in [2.45, 2.75) is 57.6 Å². The van der Waals surface area contributed by atoms with Gasteiger partial charge in [0, 0.05) is 19.0 Å². The summed E-state index contributed by atoms with van der Waals surface area (Å²) in [7, 11) is 0. The van der Waals surface area contributed by atoms with Crippen LogP contribution in [0.2, 0.25) is 0 Å². The minimum absolute atomic E-state index is 0.0534. The van der Waals surface area contributed by atoms with Crippen molar-refractivity contribution in [2.24, 2.45) is 17.6 Å². The molecule has 2 rings (SSSR count). The normalized spacial score (nSPS) is 34.3. The van der Waals surface area contributed by atoms with E-state index in [0.29, 0.717) is 19.5 Å². The van der Waals surface area contributed by atoms with Crippen LogP contribution < -0.4 is 5.73 Å². The summed E-state index contributed by atoms with van der Waals surface area (Å²) in [5, 5.41) is 10.6. The molecule has 1 saturated heterocycles. The Balaban J connectivity index is 2.00. The van der Waals surface area contributed by atoms with Crippen molar-refractivity contribution in [1.29, 1.82) is 0 Å². The maximum absolute atomic E-state index is 12.2. The number of nitrogens with zero attached hydrogens (tertiary/aromatic N) is 1. The van der Waals surface area contributed by atoms with Gasteiger partial charge in [0.1, 0.15) is 0 Å². The van der Waals surface area contributed by atoms with Crippen LogP contribution in [-0.2, 0) is 4.79 Å². The highest BCUT2D eigenvalue weighted by atomic mass is 16.3. The van der Waals surface area contributed by atoms with Gasteiger partial charge in [-0.15, -0.1) is 0 Å². The maximum atomic E-state index is 12.2. The van der Waals surface area contributed by atoms with Gasteiger partial charge < -0.3 is 15.7 Å². The maximum Gasteiger partial charge on any atom is 0.239 e. The van der Waals surface area contributed by atoms with Crippen molar-refractivity contribution in [2.75, 3.05) is 13.1 Å². The number of likely N-dealkylation sites (tertiary alicyclic amines) is 1. The summed E-state index contributed by atoms with van der Waals surface area (Å²) in [6, 6.07) is -0.403. The molecule has 3 N–H and O–H groups in total. The molecule has 0 spiro atoms. The molecule has 4 nitrogen and oxygen atoms in total. The zero-order valence-corrected chi connectivity index (χ0v) is 11.6. The van der Waals surface area contributed by atoms with Crippen LogP contribution in [0.1, 0.15) is 46.0 Å². The Kier molecular flexibility index (Phi) is 3.97. The molecule has 1 heterocycles. The second kappa shape index (κ2) is 5.17. The number of hydrogen-bond donors (Lipinski definition) is 2. The summed E-state index contributed by atoms with van der Waals surface area (Å²) in [5.41, 5.74) is 5.42. The highest BCUT2D eigenvalue weighted by Gasteiger charge is 2.44. The van der Waals surface area contributed by atoms with Crippen LogP contribution in [-0.4, -0.2) is 40.6 Å². The molecule has 18 heavy (non-hydrogen) atoms. The van der Waals surface area contributed by atoms with Crippen LogP contribution in [0.3, 0.4) is 0 Å². The lowest BCUT2D eigenvalue weighted by Crippen LogP contribution is -2.57. The minimum Gasteiger partial charge on any atom is -0.389 e. The standard InChI is InChI=1S/C14H26N2O2/c1-10(2)12(15)13(17)16-8-7-14(18)6-4-3-5-11(14)9-16/h10-12,18H,3-9,15H2,1-2H3/t11?,12-,14?/m1/s1. The summed E-state index contributed by atoms with van der Waals surface area (Å²) >= 11 is 0. The number of fused-ring (bicyclic) bond motifs is 1. The SMILES string of the molecule is CC(C)[C@@H](N)C(=O)N1CCC2(O)CCCCC2C1. The second-order valence-electron chi connectivity index (χ2n) is 6.35. The molecule has 0 aromatic rings. The number of carbonyl (C=O) groups is 1. The predicted octanol–water partition coefficient (Wildman–Crippen LogP) is 1.12. The number of hydrogen-bond acceptors (Lipinski definition) is 3. The summed E-state index contributed by atoms with van der Waals surface area (Å²) in [4.78, 5) is 14.1. The van der Waals surface area contributed by atoms with E-state index in [1.807, 2.05) is 18.7 Å². The molecule has 1 amide bonds. The molecule has 2 fully saturated rings. The van der Waals surface area contributed by atoms with Crippen LogP contribution in [0.15, 0.2) is 0 Å². The van der Waals surface area contributed by atoms with E-state index in [1.54, 1.807) is 0 Å². The Hall–Kier alpha value is -0.610. The number of nitrogens with two attached hydrogens (primary N) is 1. The fourth-order valence-corrected chi connectivity index (χ4v) is 3.27. The van der Waals surface area contributed by atoms with E-state index >= 15 is 0 Å². The summed E-state index contributed by atoms with van der Waals surface area (Å²) in [6.45, 7) is 5.30. The highest BCUT2D eigenvalue weighted by molar-refractivity contribution is 5.82. The van der Waals surface area contributed by atoms with Crippen molar-refractivity contribution in [3.8, 4) is 0 Å². The monoisotopic (exact) mass is 254 g/mol. The van der Waals surface area contributed by atoms with Crippen LogP contribution in [0.4, 0.5) is 0 Å². The predicted molar refractivity (Wildman–Crippen MR) is 70.9 cm³/mol. The van der Waals surface area contributed by atoms with E-state index in [2.05, 4.69) is 0 Å². The molecule has 104 valence electrons. The quantitative estimate of drug-likeness (QED) is 0.776. The summed E-state index contributed by atoms with van der Waals surface area (Å²) in [6.07, 6.45) is 4.94. The number of amides is 1. The Bertz CT molecular complexity index is 319. The lowest BCUT2D eigenvalue weighted by molar-refractivity contribution is -0.145. The van der Waals surface area contributed by atoms with Crippen molar-refractivity contribution in [3.63, 3.8) is 0 Å². The molecule has 2 unspecified atom stereocenters. The van der Waals surface area contributed by atoms with Gasteiger partial charge in [-0.3, -0.25) is 4.79 Å². The molecule has 1 aliphatic heterocycles. The zero-order valence-electron chi connectivity index (χ0n) is 11.6. The first-order valence-electron chi connectivity index (χ1n) is 7.21. The van der Waals surface area contributed by atoms with E-state index in [-0.39, 0.29) is 17.7 Å². The average Bonchev–Trinajstić information content (AvgIpc) is 2.35. The number of rotatable bonds is 2. The number of carbonyl (C=O) groups excluding carboxylic acids is 1. The largest absolute Gasteiger partial charge is 0.389 e. The molecule has 1 aliphatic carbocycles. The highest BCUT2D eigenvalue weighted by Crippen LogP contribution is 2.39. The molecule has 0 aromatic heterocycles. The van der Waals surface area contributed by atoms with E-state index in [4.69, 9.17) is 5.73 Å². The molecular formula is C14H26N2O2. The Morgan fingerprint density at radius 2 is 2.11 bits per heavy atom. The average molecular weight is 254 g/mol. The van der Waals surface area contributed by atoms with E-state index in [0.717, 1.165) is 19.3 Å². The van der Waals surface area contributed by atoms with Gasteiger partial charge in [-0.25, -0.2) is 0 Å². The lowest BCUT2D eigenvalue weighted by Gasteiger charge is -2.48. The molecule has 1 saturated carbocycles. The number of piperidine rings is 1. The third kappa shape index (κ3) is 2.54. The van der Waals surface area contributed by atoms with Crippen LogP contribution in [0.5, 0.6) is 0 Å². The van der Waals surface area contributed by atoms with Crippen LogP contribution in [0, 0.1) is 11.8 Å². The van der Waals surface area contributed by atoms with Gasteiger partial charge in [-0.05, 0) is 25.2 Å². The van der Waals surface area contributed by atoms with E-state index in [9.17, 15) is 9.90 Å². The van der Waals surface area contributed by atoms with Gasteiger partial charge >= 0.3 is 0 Å². The van der Waals surface area contributed by atoms with Crippen molar-refractivity contribution in [3.05, 3.63) is 0 Å². The van der Waals surface area contributed by atoms with Gasteiger partial charge in [0.05, 0.1) is 11.6 Å². The fourth-order valence-electron chi connectivity index (χ4n) is 3.27. The topological polar surface area (TPSA) is 66.6 Å². The van der Waals surface area contributed by atoms with Gasteiger partial charge in [0.2, 0.25) is 5.91 Å². The Morgan fingerprint density at radius 1 is 1.39 bits per heavy atom. The summed E-state index contributed by atoms with van der Waals surface area (Å²) in [5.74, 6) is 0.477. The van der Waals surface area contributed by atoms with Gasteiger partial charge in [0.25, 0.3) is 0 Å². The van der Waals surface area contributed by atoms with Crippen LogP contribution >= 0.6 is 0 Å². The van der Waals surface area contributed by atoms with Crippen LogP contribution in [0.25, 0.3) is 0 Å². The molecule has 2 aliphatic rings. The van der Waals surface area contributed by atoms with Crippen molar-refractivity contribution in [1.82, 2.24) is 4.90 Å². The Labute approximate surface area is 110 Å². The first-order valence-corrected chi connectivity index (χ1v) is 7.21. The molecule has 0 bridgehead atoms. The molecule has 0 radical (unpaired) electrons. The van der Waals surface area contributed by atoms with Gasteiger partial charge in [0.15, 0.2) is 0 Å². The lowest BCUT2D eigenvalue weighted by atomic mass is 9.71. The molecule has 4 heteroatoms. The van der Waals surface area contributed by atoms with Gasteiger partial charge in [-0.2, -0.15) is 0 Å². The molecule has 0 aromatic carbocycles. The summed E-state index contributed by atoms with van der Waals surface area (Å²) < 4.78 is 0. The fraction of sp³-hybridized carbons (Fsp3) is 0.929. The second-order valence-corrected chi connectivity index (χ2v) is 6.35. The first-order chi connectivity index (χ1) is 8.44. The zero-order chi connectivity index (χ0) is 13.3. The third-order valence-electron chi connectivity index (χ3n) is 4.74. The van der Waals surface area contributed by atoms with E-state index in [1.165, 1.54) is 6.42 Å². The van der Waals surface area contributed by atoms with Crippen molar-refractivity contribution >= 4 is 5.91 Å². The molecule has 3 atom stereocenters. The Morgan fingerprint density at radius 3 is 2.78 bits per heavy atom. The van der Waals surface area contributed by atoms with Gasteiger partial charge in [-0.1, -0.05) is 26.7 Å². The van der Waals surface area contributed by atoms with E-state index < -0.39 is 11.6 Å². The first kappa shape index (κ1) is 13.8. The van der Waals surface area contributed by atoms with Crippen molar-refractivity contribution < 1.29 is 9.90 Å². The smallest absolute Gasteiger partial charge is 0.239 e. The number of aliphatic hydroxyl groups is 1. The minimum atomic E-state index is -0.517. The molecular weight excluding hydrogens is 228 g/mol. The third-order valence-corrected chi connectivity index (χ3v) is 4.74.